The van der Waals surface area contributed by atoms with E-state index in [1.165, 1.54) is 0 Å². The smallest absolute Gasteiger partial charge is 0.405 e. The molecule has 0 unspecified atom stereocenters. The molecule has 0 spiro atoms. The second-order valence-electron chi connectivity index (χ2n) is 5.22. The zero-order valence-corrected chi connectivity index (χ0v) is 13.0. The van der Waals surface area contributed by atoms with E-state index in [1.807, 2.05) is 30.3 Å². The molecular formula is C17H24N2O3. The number of unbranched alkanes of at least 4 members (excludes halogenated alkanes) is 1. The lowest BCUT2D eigenvalue weighted by Crippen LogP contribution is -2.47. The highest BCUT2D eigenvalue weighted by atomic mass is 16.4. The summed E-state index contributed by atoms with van der Waals surface area (Å²) in [5, 5.41) is 11.3. The summed E-state index contributed by atoms with van der Waals surface area (Å²) in [6, 6.07) is 9.00. The van der Waals surface area contributed by atoms with Gasteiger partial charge in [-0.05, 0) is 31.2 Å². The van der Waals surface area contributed by atoms with Gasteiger partial charge in [0, 0.05) is 13.6 Å². The van der Waals surface area contributed by atoms with Crippen LogP contribution in [0, 0.1) is 0 Å². The molecule has 22 heavy (non-hydrogen) atoms. The third kappa shape index (κ3) is 6.43. The van der Waals surface area contributed by atoms with Crippen molar-refractivity contribution in [3.05, 3.63) is 48.6 Å². The van der Waals surface area contributed by atoms with Gasteiger partial charge in [-0.25, -0.2) is 4.79 Å². The van der Waals surface area contributed by atoms with E-state index in [4.69, 9.17) is 5.11 Å². The molecule has 5 nitrogen and oxygen atoms in total. The Hall–Kier alpha value is -2.30. The second kappa shape index (κ2) is 9.60. The van der Waals surface area contributed by atoms with E-state index >= 15 is 0 Å². The number of benzene rings is 1. The number of carbonyl (C=O) groups is 2. The summed E-state index contributed by atoms with van der Waals surface area (Å²) in [6.07, 6.45) is 3.38. The molecule has 0 saturated carbocycles. The van der Waals surface area contributed by atoms with Gasteiger partial charge in [-0.15, -0.1) is 6.58 Å². The van der Waals surface area contributed by atoms with Gasteiger partial charge in [0.2, 0.25) is 5.91 Å². The Morgan fingerprint density at radius 3 is 2.64 bits per heavy atom. The number of hydrogen-bond donors (Lipinski definition) is 2. The molecule has 0 heterocycles. The summed E-state index contributed by atoms with van der Waals surface area (Å²) in [5.74, 6) is -0.192. The van der Waals surface area contributed by atoms with Crippen LogP contribution in [0.25, 0.3) is 0 Å². The maximum atomic E-state index is 12.4. The van der Waals surface area contributed by atoms with Crippen molar-refractivity contribution in [2.75, 3.05) is 13.6 Å². The number of carbonyl (C=O) groups excluding carboxylic acids is 1. The van der Waals surface area contributed by atoms with Gasteiger partial charge >= 0.3 is 6.09 Å². The lowest BCUT2D eigenvalue weighted by Gasteiger charge is -2.23. The number of nitrogens with one attached hydrogen (secondary N) is 1. The maximum Gasteiger partial charge on any atom is 0.405 e. The van der Waals surface area contributed by atoms with Gasteiger partial charge in [-0.1, -0.05) is 36.4 Å². The van der Waals surface area contributed by atoms with Crippen LogP contribution in [0.15, 0.2) is 43.0 Å². The van der Waals surface area contributed by atoms with Crippen molar-refractivity contribution >= 4 is 12.0 Å². The first-order valence-corrected chi connectivity index (χ1v) is 7.44. The molecule has 0 radical (unpaired) electrons. The predicted molar refractivity (Wildman–Crippen MR) is 86.8 cm³/mol. The highest BCUT2D eigenvalue weighted by Gasteiger charge is 2.23. The quantitative estimate of drug-likeness (QED) is 0.544. The zero-order chi connectivity index (χ0) is 16.4. The Bertz CT molecular complexity index is 488. The van der Waals surface area contributed by atoms with Crippen molar-refractivity contribution in [3.63, 3.8) is 0 Å². The monoisotopic (exact) mass is 304 g/mol. The lowest BCUT2D eigenvalue weighted by atomic mass is 10.0. The molecule has 2 N–H and O–H groups in total. The van der Waals surface area contributed by atoms with Crippen LogP contribution in [0.1, 0.15) is 24.8 Å². The van der Waals surface area contributed by atoms with Crippen LogP contribution in [0.2, 0.25) is 0 Å². The van der Waals surface area contributed by atoms with Gasteiger partial charge in [-0.3, -0.25) is 4.79 Å². The largest absolute Gasteiger partial charge is 0.465 e. The molecule has 0 saturated heterocycles. The summed E-state index contributed by atoms with van der Waals surface area (Å²) in [7, 11) is 1.70. The fraction of sp³-hybridized carbons (Fsp3) is 0.412. The first kappa shape index (κ1) is 17.8. The van der Waals surface area contributed by atoms with Crippen LogP contribution in [0.4, 0.5) is 4.79 Å². The first-order chi connectivity index (χ1) is 10.5. The van der Waals surface area contributed by atoms with Gasteiger partial charge in [-0.2, -0.15) is 0 Å². The van der Waals surface area contributed by atoms with Crippen molar-refractivity contribution < 1.29 is 14.7 Å². The van der Waals surface area contributed by atoms with Crippen LogP contribution < -0.4 is 5.32 Å². The Balaban J connectivity index is 2.60. The van der Waals surface area contributed by atoms with E-state index in [2.05, 4.69) is 11.9 Å². The van der Waals surface area contributed by atoms with E-state index < -0.39 is 12.1 Å². The molecular weight excluding hydrogens is 280 g/mol. The first-order valence-electron chi connectivity index (χ1n) is 7.44. The number of carboxylic acid groups (broad SMARTS) is 1. The number of amides is 2. The summed E-state index contributed by atoms with van der Waals surface area (Å²) in [6.45, 7) is 4.24. The minimum absolute atomic E-state index is 0.192. The van der Waals surface area contributed by atoms with E-state index in [0.717, 1.165) is 18.4 Å². The molecule has 1 rings (SSSR count). The topological polar surface area (TPSA) is 69.6 Å². The number of likely N-dealkylation sites (N-methyl/N-ethyl adjacent to an activating group) is 1. The molecule has 0 aliphatic heterocycles. The molecule has 1 atom stereocenters. The van der Waals surface area contributed by atoms with Crippen LogP contribution >= 0.6 is 0 Å². The molecule has 120 valence electrons. The summed E-state index contributed by atoms with van der Waals surface area (Å²) < 4.78 is 0. The van der Waals surface area contributed by atoms with Crippen LogP contribution in [0.3, 0.4) is 0 Å². The number of rotatable bonds is 9. The van der Waals surface area contributed by atoms with E-state index in [9.17, 15) is 9.59 Å². The number of aryl methyl sites for hydroxylation is 1. The molecule has 0 aliphatic rings. The zero-order valence-electron chi connectivity index (χ0n) is 13.0. The van der Waals surface area contributed by atoms with Gasteiger partial charge in [0.15, 0.2) is 0 Å². The predicted octanol–water partition coefficient (Wildman–Crippen LogP) is 2.68. The van der Waals surface area contributed by atoms with Crippen molar-refractivity contribution in [2.45, 2.75) is 31.7 Å². The van der Waals surface area contributed by atoms with Crippen molar-refractivity contribution in [1.29, 1.82) is 0 Å². The third-order valence-electron chi connectivity index (χ3n) is 3.44. The minimum atomic E-state index is -1.18. The Labute approximate surface area is 131 Å². The number of hydrogen-bond acceptors (Lipinski definition) is 2. The Morgan fingerprint density at radius 2 is 2.05 bits per heavy atom. The van der Waals surface area contributed by atoms with Gasteiger partial charge in [0.25, 0.3) is 0 Å². The molecule has 0 bridgehead atoms. The van der Waals surface area contributed by atoms with Crippen molar-refractivity contribution in [3.8, 4) is 0 Å². The fourth-order valence-corrected chi connectivity index (χ4v) is 2.21. The maximum absolute atomic E-state index is 12.4. The molecule has 0 fully saturated rings. The summed E-state index contributed by atoms with van der Waals surface area (Å²) >= 11 is 0. The Morgan fingerprint density at radius 1 is 1.36 bits per heavy atom. The highest BCUT2D eigenvalue weighted by Crippen LogP contribution is 2.08. The van der Waals surface area contributed by atoms with E-state index in [0.29, 0.717) is 19.4 Å². The number of allylic oxidation sites excluding steroid dienone is 1. The SMILES string of the molecule is C=CCCCN(C)C(=O)[C@H](CCc1ccccc1)NC(=O)O. The summed E-state index contributed by atoms with van der Waals surface area (Å²) in [5.41, 5.74) is 1.08. The van der Waals surface area contributed by atoms with Crippen LogP contribution in [0.5, 0.6) is 0 Å². The molecule has 1 aromatic carbocycles. The van der Waals surface area contributed by atoms with Gasteiger partial charge in [0.1, 0.15) is 6.04 Å². The van der Waals surface area contributed by atoms with Gasteiger partial charge in [0.05, 0.1) is 0 Å². The molecule has 5 heteroatoms. The van der Waals surface area contributed by atoms with E-state index in [1.54, 1.807) is 18.0 Å². The number of nitrogens with zero attached hydrogens (tertiary/aromatic N) is 1. The highest BCUT2D eigenvalue weighted by molar-refractivity contribution is 5.85. The normalized spacial score (nSPS) is 11.5. The molecule has 2 amide bonds. The van der Waals surface area contributed by atoms with Gasteiger partial charge < -0.3 is 15.3 Å². The Kier molecular flexibility index (Phi) is 7.75. The minimum Gasteiger partial charge on any atom is -0.465 e. The molecule has 0 aliphatic carbocycles. The van der Waals surface area contributed by atoms with Crippen molar-refractivity contribution in [2.24, 2.45) is 0 Å². The fourth-order valence-electron chi connectivity index (χ4n) is 2.21. The lowest BCUT2D eigenvalue weighted by molar-refractivity contribution is -0.132. The van der Waals surface area contributed by atoms with E-state index in [-0.39, 0.29) is 5.91 Å². The van der Waals surface area contributed by atoms with Crippen LogP contribution in [-0.2, 0) is 11.2 Å². The molecule has 0 aromatic heterocycles. The van der Waals surface area contributed by atoms with Crippen molar-refractivity contribution in [1.82, 2.24) is 10.2 Å². The third-order valence-corrected chi connectivity index (χ3v) is 3.44. The average molecular weight is 304 g/mol. The molecule has 1 aromatic rings. The second-order valence-corrected chi connectivity index (χ2v) is 5.22. The van der Waals surface area contributed by atoms with Crippen LogP contribution in [-0.4, -0.2) is 41.6 Å². The standard InChI is InChI=1S/C17H24N2O3/c1-3-4-8-13-19(2)16(20)15(18-17(21)22)12-11-14-9-6-5-7-10-14/h3,5-7,9-10,15,18H,1,4,8,11-13H2,2H3,(H,21,22)/t15-/m0/s1. The summed E-state index contributed by atoms with van der Waals surface area (Å²) in [4.78, 5) is 24.9. The average Bonchev–Trinajstić information content (AvgIpc) is 2.51.